The minimum atomic E-state index is -0.230. The molecule has 2 rings (SSSR count). The third-order valence-electron chi connectivity index (χ3n) is 2.79. The van der Waals surface area contributed by atoms with Crippen LogP contribution in [0, 0.1) is 0 Å². The fourth-order valence-electron chi connectivity index (χ4n) is 2.04. The molecular weight excluding hydrogens is 250 g/mol. The van der Waals surface area contributed by atoms with E-state index in [-0.39, 0.29) is 6.29 Å². The van der Waals surface area contributed by atoms with Gasteiger partial charge in [-0.05, 0) is 19.9 Å². The van der Waals surface area contributed by atoms with Crippen LogP contribution in [-0.4, -0.2) is 24.1 Å². The number of rotatable bonds is 6. The van der Waals surface area contributed by atoms with Crippen LogP contribution in [0.2, 0.25) is 5.02 Å². The highest BCUT2D eigenvalue weighted by molar-refractivity contribution is 6.35. The van der Waals surface area contributed by atoms with Gasteiger partial charge >= 0.3 is 0 Å². The van der Waals surface area contributed by atoms with Gasteiger partial charge in [0.1, 0.15) is 0 Å². The smallest absolute Gasteiger partial charge is 0.175 e. The van der Waals surface area contributed by atoms with Crippen LogP contribution in [0.15, 0.2) is 30.5 Å². The number of hydrogen-bond acceptors (Lipinski definition) is 2. The van der Waals surface area contributed by atoms with Crippen molar-refractivity contribution in [2.24, 2.45) is 0 Å². The van der Waals surface area contributed by atoms with Gasteiger partial charge < -0.3 is 14.0 Å². The zero-order chi connectivity index (χ0) is 13.0. The molecule has 1 heterocycles. The minimum Gasteiger partial charge on any atom is -0.351 e. The monoisotopic (exact) mass is 267 g/mol. The van der Waals surface area contributed by atoms with Crippen molar-refractivity contribution in [3.05, 3.63) is 35.5 Å². The molecule has 0 radical (unpaired) electrons. The van der Waals surface area contributed by atoms with E-state index in [1.54, 1.807) is 0 Å². The van der Waals surface area contributed by atoms with Gasteiger partial charge in [0.25, 0.3) is 0 Å². The van der Waals surface area contributed by atoms with Gasteiger partial charge in [0.15, 0.2) is 6.29 Å². The Labute approximate surface area is 112 Å². The van der Waals surface area contributed by atoms with E-state index < -0.39 is 0 Å². The van der Waals surface area contributed by atoms with Crippen LogP contribution >= 0.6 is 11.6 Å². The number of para-hydroxylation sites is 1. The number of aromatic nitrogens is 1. The molecule has 0 spiro atoms. The number of fused-ring (bicyclic) bond motifs is 1. The second kappa shape index (κ2) is 6.23. The lowest BCUT2D eigenvalue weighted by atomic mass is 10.2. The molecule has 98 valence electrons. The van der Waals surface area contributed by atoms with Gasteiger partial charge in [-0.1, -0.05) is 29.8 Å². The lowest BCUT2D eigenvalue weighted by Crippen LogP contribution is -2.23. The van der Waals surface area contributed by atoms with Gasteiger partial charge in [-0.3, -0.25) is 0 Å². The maximum absolute atomic E-state index is 6.21. The van der Waals surface area contributed by atoms with Crippen molar-refractivity contribution >= 4 is 22.5 Å². The van der Waals surface area contributed by atoms with Crippen molar-refractivity contribution < 1.29 is 9.47 Å². The van der Waals surface area contributed by atoms with E-state index in [9.17, 15) is 0 Å². The molecule has 0 aliphatic carbocycles. The number of nitrogens with zero attached hydrogens (tertiary/aromatic N) is 1. The number of ether oxygens (including phenoxy) is 2. The van der Waals surface area contributed by atoms with E-state index in [4.69, 9.17) is 21.1 Å². The van der Waals surface area contributed by atoms with Crippen molar-refractivity contribution in [3.63, 3.8) is 0 Å². The third-order valence-corrected chi connectivity index (χ3v) is 3.09. The molecule has 18 heavy (non-hydrogen) atoms. The molecule has 0 aliphatic rings. The zero-order valence-electron chi connectivity index (χ0n) is 10.7. The van der Waals surface area contributed by atoms with Gasteiger partial charge in [-0.25, -0.2) is 0 Å². The first kappa shape index (κ1) is 13.4. The number of hydrogen-bond donors (Lipinski definition) is 0. The second-order valence-corrected chi connectivity index (χ2v) is 4.39. The zero-order valence-corrected chi connectivity index (χ0v) is 11.5. The molecule has 0 saturated carbocycles. The van der Waals surface area contributed by atoms with Crippen molar-refractivity contribution in [1.82, 2.24) is 4.57 Å². The Kier molecular flexibility index (Phi) is 4.64. The second-order valence-electron chi connectivity index (χ2n) is 3.99. The topological polar surface area (TPSA) is 23.4 Å². The maximum Gasteiger partial charge on any atom is 0.175 e. The first-order chi connectivity index (χ1) is 8.76. The largest absolute Gasteiger partial charge is 0.351 e. The molecule has 1 aromatic heterocycles. The Morgan fingerprint density at radius 1 is 1.17 bits per heavy atom. The highest BCUT2D eigenvalue weighted by Crippen LogP contribution is 2.25. The summed E-state index contributed by atoms with van der Waals surface area (Å²) >= 11 is 6.21. The van der Waals surface area contributed by atoms with Gasteiger partial charge in [0.05, 0.1) is 11.6 Å². The lowest BCUT2D eigenvalue weighted by Gasteiger charge is -2.18. The molecule has 3 nitrogen and oxygen atoms in total. The van der Waals surface area contributed by atoms with Gasteiger partial charge in [0.2, 0.25) is 0 Å². The summed E-state index contributed by atoms with van der Waals surface area (Å²) in [7, 11) is 0. The molecule has 0 aliphatic heterocycles. The Morgan fingerprint density at radius 3 is 2.50 bits per heavy atom. The summed E-state index contributed by atoms with van der Waals surface area (Å²) in [6.07, 6.45) is 1.70. The summed E-state index contributed by atoms with van der Waals surface area (Å²) in [4.78, 5) is 0. The molecule has 0 fully saturated rings. The average Bonchev–Trinajstić information content (AvgIpc) is 2.68. The number of halogens is 1. The molecule has 0 bridgehead atoms. The van der Waals surface area contributed by atoms with Crippen LogP contribution in [0.5, 0.6) is 0 Å². The van der Waals surface area contributed by atoms with E-state index in [1.807, 2.05) is 38.2 Å². The predicted octanol–water partition coefficient (Wildman–Crippen LogP) is 3.69. The van der Waals surface area contributed by atoms with Gasteiger partial charge in [-0.2, -0.15) is 0 Å². The van der Waals surface area contributed by atoms with Crippen molar-refractivity contribution in [2.45, 2.75) is 26.7 Å². The van der Waals surface area contributed by atoms with Crippen LogP contribution in [0.25, 0.3) is 10.9 Å². The van der Waals surface area contributed by atoms with Crippen molar-refractivity contribution in [2.75, 3.05) is 13.2 Å². The van der Waals surface area contributed by atoms with E-state index in [1.165, 1.54) is 0 Å². The Bertz CT molecular complexity index is 503. The van der Waals surface area contributed by atoms with E-state index >= 15 is 0 Å². The van der Waals surface area contributed by atoms with E-state index in [0.29, 0.717) is 19.8 Å². The molecular formula is C14H18ClNO2. The summed E-state index contributed by atoms with van der Waals surface area (Å²) in [5.41, 5.74) is 1.10. The van der Waals surface area contributed by atoms with Crippen LogP contribution in [-0.2, 0) is 16.0 Å². The summed E-state index contributed by atoms with van der Waals surface area (Å²) in [5, 5.41) is 1.82. The van der Waals surface area contributed by atoms with Crippen LogP contribution in [0.1, 0.15) is 13.8 Å². The molecule has 0 amide bonds. The fraction of sp³-hybridized carbons (Fsp3) is 0.429. The van der Waals surface area contributed by atoms with Gasteiger partial charge in [0, 0.05) is 30.3 Å². The van der Waals surface area contributed by atoms with Crippen LogP contribution in [0.3, 0.4) is 0 Å². The summed E-state index contributed by atoms with van der Waals surface area (Å²) < 4.78 is 13.2. The molecule has 4 heteroatoms. The predicted molar refractivity (Wildman–Crippen MR) is 74.0 cm³/mol. The van der Waals surface area contributed by atoms with E-state index in [2.05, 4.69) is 10.6 Å². The first-order valence-corrected chi connectivity index (χ1v) is 6.60. The highest BCUT2D eigenvalue weighted by atomic mass is 35.5. The Hall–Kier alpha value is -1.03. The normalized spacial score (nSPS) is 11.6. The highest BCUT2D eigenvalue weighted by Gasteiger charge is 2.12. The molecule has 1 aromatic carbocycles. The quantitative estimate of drug-likeness (QED) is 0.745. The third kappa shape index (κ3) is 2.86. The molecule has 0 N–H and O–H groups in total. The summed E-state index contributed by atoms with van der Waals surface area (Å²) in [5.74, 6) is 0. The van der Waals surface area contributed by atoms with Crippen LogP contribution < -0.4 is 0 Å². The molecule has 2 aromatic rings. The maximum atomic E-state index is 6.21. The lowest BCUT2D eigenvalue weighted by molar-refractivity contribution is -0.143. The van der Waals surface area contributed by atoms with Crippen LogP contribution in [0.4, 0.5) is 0 Å². The molecule has 0 unspecified atom stereocenters. The Morgan fingerprint density at radius 2 is 1.83 bits per heavy atom. The minimum absolute atomic E-state index is 0.230. The SMILES string of the molecule is CCOC(Cn1cc(Cl)c2ccccc21)OCC. The first-order valence-electron chi connectivity index (χ1n) is 6.22. The van der Waals surface area contributed by atoms with E-state index in [0.717, 1.165) is 15.9 Å². The van der Waals surface area contributed by atoms with Crippen molar-refractivity contribution in [1.29, 1.82) is 0 Å². The standard InChI is InChI=1S/C14H18ClNO2/c1-3-17-14(18-4-2)10-16-9-12(15)11-7-5-6-8-13(11)16/h5-9,14H,3-4,10H2,1-2H3. The van der Waals surface area contributed by atoms with Gasteiger partial charge in [-0.15, -0.1) is 0 Å². The summed E-state index contributed by atoms with van der Waals surface area (Å²) in [6, 6.07) is 8.06. The fourth-order valence-corrected chi connectivity index (χ4v) is 2.32. The number of benzene rings is 1. The average molecular weight is 268 g/mol. The molecule has 0 atom stereocenters. The summed E-state index contributed by atoms with van der Waals surface area (Å²) in [6.45, 7) is 5.85. The van der Waals surface area contributed by atoms with Crippen molar-refractivity contribution in [3.8, 4) is 0 Å². The Balaban J connectivity index is 2.24. The molecule has 0 saturated heterocycles.